The molecule has 1 saturated heterocycles. The highest BCUT2D eigenvalue weighted by Crippen LogP contribution is 2.50. The molecule has 3 rings (SSSR count). The van der Waals surface area contributed by atoms with Crippen molar-refractivity contribution in [3.05, 3.63) is 22.8 Å². The van der Waals surface area contributed by atoms with E-state index in [2.05, 4.69) is 0 Å². The zero-order valence-electron chi connectivity index (χ0n) is 13.3. The number of ketones is 1. The average Bonchev–Trinajstić information content (AvgIpc) is 2.74. The Labute approximate surface area is 129 Å². The first kappa shape index (κ1) is 15.0. The van der Waals surface area contributed by atoms with Crippen molar-refractivity contribution in [2.45, 2.75) is 52.2 Å². The summed E-state index contributed by atoms with van der Waals surface area (Å²) < 4.78 is 10.9. The number of carbonyl (C=O) groups is 3. The first-order chi connectivity index (χ1) is 10.3. The minimum absolute atomic E-state index is 0.0118. The number of allylic oxidation sites excluding steroid dienone is 2. The van der Waals surface area contributed by atoms with Crippen LogP contribution in [0.1, 0.15) is 40.5 Å². The number of carbonyl (C=O) groups excluding carboxylic acids is 3. The van der Waals surface area contributed by atoms with Crippen molar-refractivity contribution in [3.63, 3.8) is 0 Å². The molecule has 4 atom stereocenters. The van der Waals surface area contributed by atoms with Crippen LogP contribution >= 0.6 is 0 Å². The van der Waals surface area contributed by atoms with Crippen LogP contribution in [0.3, 0.4) is 0 Å². The minimum Gasteiger partial charge on any atom is -0.458 e. The Balaban J connectivity index is 2.05. The van der Waals surface area contributed by atoms with Gasteiger partial charge < -0.3 is 9.47 Å². The van der Waals surface area contributed by atoms with Crippen LogP contribution in [0, 0.1) is 11.8 Å². The second kappa shape index (κ2) is 4.80. The number of esters is 2. The van der Waals surface area contributed by atoms with Crippen molar-refractivity contribution in [2.75, 3.05) is 0 Å². The average molecular weight is 304 g/mol. The lowest BCUT2D eigenvalue weighted by molar-refractivity contribution is -0.172. The molecule has 0 spiro atoms. The Morgan fingerprint density at radius 1 is 1.36 bits per heavy atom. The Hall–Kier alpha value is -1.91. The van der Waals surface area contributed by atoms with E-state index < -0.39 is 23.6 Å². The highest BCUT2D eigenvalue weighted by Gasteiger charge is 2.60. The summed E-state index contributed by atoms with van der Waals surface area (Å²) in [5.74, 6) is -1.44. The molecule has 0 aromatic carbocycles. The predicted octanol–water partition coefficient (Wildman–Crippen LogP) is 2.11. The van der Waals surface area contributed by atoms with E-state index in [-0.39, 0.29) is 17.6 Å². The number of hydrogen-bond acceptors (Lipinski definition) is 5. The van der Waals surface area contributed by atoms with E-state index in [0.717, 1.165) is 16.7 Å². The molecular weight excluding hydrogens is 284 g/mol. The molecule has 1 fully saturated rings. The quantitative estimate of drug-likeness (QED) is 0.694. The van der Waals surface area contributed by atoms with Crippen LogP contribution in [0.25, 0.3) is 0 Å². The summed E-state index contributed by atoms with van der Waals surface area (Å²) in [6, 6.07) is 0. The van der Waals surface area contributed by atoms with Crippen LogP contribution in [0.4, 0.5) is 0 Å². The number of hydrogen-bond donors (Lipinski definition) is 0. The lowest BCUT2D eigenvalue weighted by Crippen LogP contribution is -2.44. The molecule has 1 heterocycles. The zero-order valence-corrected chi connectivity index (χ0v) is 13.3. The first-order valence-electron chi connectivity index (χ1n) is 7.58. The van der Waals surface area contributed by atoms with Gasteiger partial charge in [-0.1, -0.05) is 11.1 Å². The van der Waals surface area contributed by atoms with Gasteiger partial charge in [0, 0.05) is 24.3 Å². The summed E-state index contributed by atoms with van der Waals surface area (Å²) in [6.07, 6.45) is 2.55. The van der Waals surface area contributed by atoms with Gasteiger partial charge in [-0.25, -0.2) is 4.79 Å². The van der Waals surface area contributed by atoms with Gasteiger partial charge in [-0.15, -0.1) is 0 Å². The van der Waals surface area contributed by atoms with Gasteiger partial charge in [0.05, 0.1) is 0 Å². The molecule has 2 aliphatic carbocycles. The number of fused-ring (bicyclic) bond motifs is 3. The molecular formula is C17H20O5. The van der Waals surface area contributed by atoms with Gasteiger partial charge >= 0.3 is 11.9 Å². The molecule has 0 amide bonds. The van der Waals surface area contributed by atoms with E-state index in [1.165, 1.54) is 6.92 Å². The maximum atomic E-state index is 12.3. The van der Waals surface area contributed by atoms with Crippen molar-refractivity contribution >= 4 is 17.7 Å². The van der Waals surface area contributed by atoms with Crippen LogP contribution < -0.4 is 0 Å². The molecule has 3 aliphatic rings. The third kappa shape index (κ3) is 1.95. The molecule has 0 aromatic heterocycles. The van der Waals surface area contributed by atoms with E-state index in [1.54, 1.807) is 13.0 Å². The van der Waals surface area contributed by atoms with E-state index in [9.17, 15) is 14.4 Å². The summed E-state index contributed by atoms with van der Waals surface area (Å²) in [6.45, 7) is 6.76. The Morgan fingerprint density at radius 2 is 2.05 bits per heavy atom. The third-order valence-electron chi connectivity index (χ3n) is 5.15. The fraction of sp³-hybridized carbons (Fsp3) is 0.588. The molecule has 22 heavy (non-hydrogen) atoms. The van der Waals surface area contributed by atoms with Gasteiger partial charge in [0.25, 0.3) is 0 Å². The van der Waals surface area contributed by atoms with E-state index >= 15 is 0 Å². The first-order valence-corrected chi connectivity index (χ1v) is 7.58. The van der Waals surface area contributed by atoms with Crippen LogP contribution in [0.2, 0.25) is 0 Å². The van der Waals surface area contributed by atoms with Gasteiger partial charge in [-0.2, -0.15) is 0 Å². The molecule has 0 bridgehead atoms. The third-order valence-corrected chi connectivity index (χ3v) is 5.15. The van der Waals surface area contributed by atoms with Crippen molar-refractivity contribution in [3.8, 4) is 0 Å². The second-order valence-electron chi connectivity index (χ2n) is 6.64. The molecule has 0 radical (unpaired) electrons. The largest absolute Gasteiger partial charge is 0.458 e. The summed E-state index contributed by atoms with van der Waals surface area (Å²) in [5, 5.41) is 0. The standard InChI is InChI=1S/C17H20O5/c1-8-5-6-11-15(14-9(2)7-12(19)13(8)14)21-16(20)17(11,4)22-10(3)18/h7,11,14-15H,5-6H2,1-4H3/t11-,14-,15-,17+/m1/s1. The predicted molar refractivity (Wildman–Crippen MR) is 77.7 cm³/mol. The maximum Gasteiger partial charge on any atom is 0.351 e. The van der Waals surface area contributed by atoms with Crippen molar-refractivity contribution in [1.82, 2.24) is 0 Å². The van der Waals surface area contributed by atoms with Gasteiger partial charge in [0.1, 0.15) is 6.10 Å². The Morgan fingerprint density at radius 3 is 2.68 bits per heavy atom. The Bertz CT molecular complexity index is 641. The normalized spacial score (nSPS) is 37.3. The number of rotatable bonds is 1. The van der Waals surface area contributed by atoms with Crippen molar-refractivity contribution < 1.29 is 23.9 Å². The van der Waals surface area contributed by atoms with Crippen LogP contribution in [0.5, 0.6) is 0 Å². The van der Waals surface area contributed by atoms with Gasteiger partial charge in [-0.05, 0) is 39.7 Å². The van der Waals surface area contributed by atoms with E-state index in [1.807, 2.05) is 13.8 Å². The SMILES string of the molecule is CC(=O)O[C@]1(C)C(=O)O[C@H]2[C@@H]3C(C)=CC(=O)C3=C(C)CC[C@H]21. The summed E-state index contributed by atoms with van der Waals surface area (Å²) in [4.78, 5) is 36.0. The van der Waals surface area contributed by atoms with Crippen molar-refractivity contribution in [1.29, 1.82) is 0 Å². The monoisotopic (exact) mass is 304 g/mol. The van der Waals surface area contributed by atoms with E-state index in [0.29, 0.717) is 12.8 Å². The lowest BCUT2D eigenvalue weighted by Gasteiger charge is -2.29. The summed E-state index contributed by atoms with van der Waals surface area (Å²) in [7, 11) is 0. The summed E-state index contributed by atoms with van der Waals surface area (Å²) in [5.41, 5.74) is 1.44. The van der Waals surface area contributed by atoms with Gasteiger partial charge in [0.2, 0.25) is 5.60 Å². The van der Waals surface area contributed by atoms with Gasteiger partial charge in [-0.3, -0.25) is 9.59 Å². The molecule has 0 N–H and O–H groups in total. The summed E-state index contributed by atoms with van der Waals surface area (Å²) >= 11 is 0. The minimum atomic E-state index is -1.27. The fourth-order valence-electron chi connectivity index (χ4n) is 4.10. The topological polar surface area (TPSA) is 69.7 Å². The Kier molecular flexibility index (Phi) is 3.27. The molecule has 5 nitrogen and oxygen atoms in total. The lowest BCUT2D eigenvalue weighted by atomic mass is 9.78. The highest BCUT2D eigenvalue weighted by atomic mass is 16.6. The van der Waals surface area contributed by atoms with Crippen LogP contribution in [-0.4, -0.2) is 29.4 Å². The second-order valence-corrected chi connectivity index (χ2v) is 6.64. The highest BCUT2D eigenvalue weighted by molar-refractivity contribution is 6.09. The smallest absolute Gasteiger partial charge is 0.351 e. The van der Waals surface area contributed by atoms with E-state index in [4.69, 9.17) is 9.47 Å². The molecule has 5 heteroatoms. The molecule has 0 aromatic rings. The molecule has 1 aliphatic heterocycles. The van der Waals surface area contributed by atoms with Gasteiger partial charge in [0.15, 0.2) is 5.78 Å². The molecule has 118 valence electrons. The fourth-order valence-corrected chi connectivity index (χ4v) is 4.10. The zero-order chi connectivity index (χ0) is 16.2. The van der Waals surface area contributed by atoms with Crippen molar-refractivity contribution in [2.24, 2.45) is 11.8 Å². The van der Waals surface area contributed by atoms with Crippen LogP contribution in [-0.2, 0) is 23.9 Å². The maximum absolute atomic E-state index is 12.3. The van der Waals surface area contributed by atoms with Crippen LogP contribution in [0.15, 0.2) is 22.8 Å². The molecule has 0 saturated carbocycles. The number of ether oxygens (including phenoxy) is 2. The molecule has 0 unspecified atom stereocenters.